The number of morpholine rings is 1. The van der Waals surface area contributed by atoms with Gasteiger partial charge in [0.25, 0.3) is 0 Å². The lowest BCUT2D eigenvalue weighted by Gasteiger charge is -2.29. The molecule has 29 heavy (non-hydrogen) atoms. The van der Waals surface area contributed by atoms with E-state index in [2.05, 4.69) is 43.9 Å². The van der Waals surface area contributed by atoms with Gasteiger partial charge in [0, 0.05) is 31.9 Å². The minimum atomic E-state index is -0.995. The number of hydrogen-bond donors (Lipinski definition) is 3. The molecule has 0 aliphatic carbocycles. The van der Waals surface area contributed by atoms with Crippen molar-refractivity contribution in [2.45, 2.75) is 19.8 Å². The number of amides is 1. The van der Waals surface area contributed by atoms with Crippen molar-refractivity contribution in [3.8, 4) is 0 Å². The van der Waals surface area contributed by atoms with E-state index in [9.17, 15) is 4.79 Å². The van der Waals surface area contributed by atoms with E-state index in [0.29, 0.717) is 24.6 Å². The number of anilines is 2. The van der Waals surface area contributed by atoms with Crippen molar-refractivity contribution < 1.29 is 14.6 Å². The number of benzene rings is 1. The first kappa shape index (κ1) is 19.2. The molecule has 1 aromatic carbocycles. The number of nitrogens with zero attached hydrogens (tertiary/aromatic N) is 5. The van der Waals surface area contributed by atoms with Gasteiger partial charge in [0.15, 0.2) is 5.82 Å². The molecule has 10 nitrogen and oxygen atoms in total. The van der Waals surface area contributed by atoms with Crippen molar-refractivity contribution in [3.05, 3.63) is 24.0 Å². The Kier molecular flexibility index (Phi) is 5.61. The molecule has 3 N–H and O–H groups in total. The molecular formula is C19H25N7O3. The second kappa shape index (κ2) is 8.48. The number of fused-ring (bicyclic) bond motifs is 3. The minimum absolute atomic E-state index is 0.435. The molecule has 0 spiro atoms. The summed E-state index contributed by atoms with van der Waals surface area (Å²) in [7, 11) is 0. The zero-order chi connectivity index (χ0) is 20.2. The Bertz CT molecular complexity index is 1010. The maximum absolute atomic E-state index is 10.5. The van der Waals surface area contributed by atoms with E-state index in [1.54, 1.807) is 0 Å². The van der Waals surface area contributed by atoms with Gasteiger partial charge in [-0.25, -0.2) is 9.78 Å². The number of carboxylic acid groups (broad SMARTS) is 1. The molecule has 1 amide bonds. The van der Waals surface area contributed by atoms with Crippen LogP contribution in [0.1, 0.15) is 18.7 Å². The number of hydrogen-bond acceptors (Lipinski definition) is 7. The average molecular weight is 399 g/mol. The first-order valence-electron chi connectivity index (χ1n) is 9.82. The highest BCUT2D eigenvalue weighted by atomic mass is 16.5. The molecule has 2 aromatic heterocycles. The van der Waals surface area contributed by atoms with Gasteiger partial charge in [-0.1, -0.05) is 0 Å². The summed E-state index contributed by atoms with van der Waals surface area (Å²) in [4.78, 5) is 17.6. The Labute approximate surface area is 167 Å². The van der Waals surface area contributed by atoms with Crippen molar-refractivity contribution in [3.63, 3.8) is 0 Å². The SMILES string of the molecule is Cc1nnc2c(NCCCCNC(=O)O)nc3cc(N4CCOCC4)ccc3n12. The van der Waals surface area contributed by atoms with Gasteiger partial charge in [-0.15, -0.1) is 10.2 Å². The molecule has 0 saturated carbocycles. The van der Waals surface area contributed by atoms with Crippen LogP contribution in [0.5, 0.6) is 0 Å². The molecule has 0 unspecified atom stereocenters. The van der Waals surface area contributed by atoms with Crippen LogP contribution in [0.2, 0.25) is 0 Å². The number of unbranched alkanes of at least 4 members (excludes halogenated alkanes) is 1. The van der Waals surface area contributed by atoms with E-state index < -0.39 is 6.09 Å². The quantitative estimate of drug-likeness (QED) is 0.516. The highest BCUT2D eigenvalue weighted by Gasteiger charge is 2.16. The number of nitrogens with one attached hydrogen (secondary N) is 2. The Morgan fingerprint density at radius 3 is 2.79 bits per heavy atom. The van der Waals surface area contributed by atoms with Crippen LogP contribution in [0.25, 0.3) is 16.7 Å². The fourth-order valence-electron chi connectivity index (χ4n) is 3.55. The first-order valence-corrected chi connectivity index (χ1v) is 9.82. The van der Waals surface area contributed by atoms with Crippen LogP contribution in [0.4, 0.5) is 16.3 Å². The standard InChI is InChI=1S/C19H25N7O3/c1-13-23-24-18-17(20-6-2-3-7-21-19(27)28)22-15-12-14(4-5-16(15)26(13)18)25-8-10-29-11-9-25/h4-5,12,21H,2-3,6-11H2,1H3,(H,20,22)(H,27,28). The average Bonchev–Trinajstić information content (AvgIpc) is 3.12. The summed E-state index contributed by atoms with van der Waals surface area (Å²) in [5.41, 5.74) is 3.66. The summed E-state index contributed by atoms with van der Waals surface area (Å²) in [6, 6.07) is 6.27. The van der Waals surface area contributed by atoms with Gasteiger partial charge in [-0.2, -0.15) is 0 Å². The van der Waals surface area contributed by atoms with E-state index in [0.717, 1.165) is 61.7 Å². The predicted molar refractivity (Wildman–Crippen MR) is 110 cm³/mol. The van der Waals surface area contributed by atoms with Crippen molar-refractivity contribution in [1.82, 2.24) is 24.9 Å². The van der Waals surface area contributed by atoms with Crippen molar-refractivity contribution in [2.24, 2.45) is 0 Å². The number of aromatic nitrogens is 4. The first-order chi connectivity index (χ1) is 14.1. The van der Waals surface area contributed by atoms with E-state index in [1.165, 1.54) is 0 Å². The van der Waals surface area contributed by atoms with Gasteiger partial charge < -0.3 is 25.4 Å². The van der Waals surface area contributed by atoms with E-state index in [4.69, 9.17) is 14.8 Å². The maximum Gasteiger partial charge on any atom is 0.404 e. The molecule has 0 atom stereocenters. The minimum Gasteiger partial charge on any atom is -0.465 e. The summed E-state index contributed by atoms with van der Waals surface area (Å²) >= 11 is 0. The molecule has 4 rings (SSSR count). The molecule has 0 bridgehead atoms. The molecule has 1 saturated heterocycles. The zero-order valence-electron chi connectivity index (χ0n) is 16.4. The molecule has 10 heteroatoms. The molecule has 154 valence electrons. The Hall–Kier alpha value is -3.14. The number of ether oxygens (including phenoxy) is 1. The third-order valence-electron chi connectivity index (χ3n) is 5.02. The van der Waals surface area contributed by atoms with Crippen LogP contribution in [-0.4, -0.2) is 70.2 Å². The summed E-state index contributed by atoms with van der Waals surface area (Å²) in [6.45, 7) is 6.24. The van der Waals surface area contributed by atoms with Crippen LogP contribution in [0.15, 0.2) is 18.2 Å². The van der Waals surface area contributed by atoms with Crippen LogP contribution in [0.3, 0.4) is 0 Å². The van der Waals surface area contributed by atoms with E-state index in [-0.39, 0.29) is 0 Å². The molecule has 3 aromatic rings. The lowest BCUT2D eigenvalue weighted by molar-refractivity contribution is 0.122. The molecular weight excluding hydrogens is 374 g/mol. The van der Waals surface area contributed by atoms with Crippen molar-refractivity contribution in [2.75, 3.05) is 49.6 Å². The predicted octanol–water partition coefficient (Wildman–Crippen LogP) is 1.88. The van der Waals surface area contributed by atoms with E-state index in [1.807, 2.05) is 11.3 Å². The van der Waals surface area contributed by atoms with E-state index >= 15 is 0 Å². The molecule has 1 fully saturated rings. The second-order valence-electron chi connectivity index (χ2n) is 7.00. The second-order valence-corrected chi connectivity index (χ2v) is 7.00. The maximum atomic E-state index is 10.5. The van der Waals surface area contributed by atoms with Crippen LogP contribution >= 0.6 is 0 Å². The Morgan fingerprint density at radius 2 is 2.00 bits per heavy atom. The van der Waals surface area contributed by atoms with Crippen molar-refractivity contribution in [1.29, 1.82) is 0 Å². The summed E-state index contributed by atoms with van der Waals surface area (Å²) in [5, 5.41) is 22.8. The molecule has 3 heterocycles. The van der Waals surface area contributed by atoms with Gasteiger partial charge in [0.05, 0.1) is 24.2 Å². The lowest BCUT2D eigenvalue weighted by Crippen LogP contribution is -2.36. The molecule has 0 radical (unpaired) electrons. The van der Waals surface area contributed by atoms with Gasteiger partial charge in [0.2, 0.25) is 5.65 Å². The van der Waals surface area contributed by atoms with Crippen LogP contribution in [0, 0.1) is 6.92 Å². The van der Waals surface area contributed by atoms with Crippen LogP contribution < -0.4 is 15.5 Å². The van der Waals surface area contributed by atoms with Gasteiger partial charge in [-0.3, -0.25) is 4.40 Å². The van der Waals surface area contributed by atoms with Gasteiger partial charge >= 0.3 is 6.09 Å². The summed E-state index contributed by atoms with van der Waals surface area (Å²) in [6.07, 6.45) is 0.564. The fourth-order valence-corrected chi connectivity index (χ4v) is 3.55. The fraction of sp³-hybridized carbons (Fsp3) is 0.474. The molecule has 1 aliphatic rings. The topological polar surface area (TPSA) is 117 Å². The number of carbonyl (C=O) groups is 1. The smallest absolute Gasteiger partial charge is 0.404 e. The zero-order valence-corrected chi connectivity index (χ0v) is 16.4. The summed E-state index contributed by atoms with van der Waals surface area (Å²) < 4.78 is 7.46. The highest BCUT2D eigenvalue weighted by molar-refractivity contribution is 5.85. The normalized spacial score (nSPS) is 14.4. The lowest BCUT2D eigenvalue weighted by atomic mass is 10.2. The Morgan fingerprint density at radius 1 is 1.21 bits per heavy atom. The number of rotatable bonds is 7. The monoisotopic (exact) mass is 399 g/mol. The van der Waals surface area contributed by atoms with Crippen LogP contribution in [-0.2, 0) is 4.74 Å². The summed E-state index contributed by atoms with van der Waals surface area (Å²) in [5.74, 6) is 1.49. The van der Waals surface area contributed by atoms with Gasteiger partial charge in [0.1, 0.15) is 5.82 Å². The molecule has 1 aliphatic heterocycles. The largest absolute Gasteiger partial charge is 0.465 e. The van der Waals surface area contributed by atoms with Gasteiger partial charge in [-0.05, 0) is 38.0 Å². The highest BCUT2D eigenvalue weighted by Crippen LogP contribution is 2.26. The Balaban J connectivity index is 1.58. The number of aryl methyl sites for hydroxylation is 1. The third kappa shape index (κ3) is 4.16. The third-order valence-corrected chi connectivity index (χ3v) is 5.02. The van der Waals surface area contributed by atoms with Crippen molar-refractivity contribution >= 4 is 34.3 Å².